The van der Waals surface area contributed by atoms with Gasteiger partial charge in [0.2, 0.25) is 0 Å². The van der Waals surface area contributed by atoms with E-state index in [0.717, 1.165) is 51.4 Å². The number of Topliss-reactive ketones (excluding diaryl/α,β-unsaturated/α-hetero) is 2. The van der Waals surface area contributed by atoms with Gasteiger partial charge in [0, 0.05) is 12.8 Å². The molecule has 8 heteroatoms. The van der Waals surface area contributed by atoms with Crippen molar-refractivity contribution in [3.05, 3.63) is 59.7 Å². The Bertz CT molecular complexity index is 939. The number of phenols is 2. The van der Waals surface area contributed by atoms with Crippen LogP contribution in [0, 0.1) is 0 Å². The highest BCUT2D eigenvalue weighted by molar-refractivity contribution is 5.99. The zero-order chi connectivity index (χ0) is 26.2. The molecule has 2 aromatic carbocycles. The van der Waals surface area contributed by atoms with E-state index in [9.17, 15) is 29.4 Å². The Balaban J connectivity index is 1.41. The molecule has 2 rings (SSSR count). The van der Waals surface area contributed by atoms with E-state index in [1.807, 2.05) is 0 Å². The molecule has 2 aromatic rings. The lowest BCUT2D eigenvalue weighted by atomic mass is 10.0. The van der Waals surface area contributed by atoms with Crippen LogP contribution >= 0.6 is 0 Å². The number of phenolic OH excluding ortho intramolecular Hbond substituents is 2. The number of carbonyl (C=O) groups is 4. The van der Waals surface area contributed by atoms with Crippen LogP contribution in [0.5, 0.6) is 11.5 Å². The second-order valence-electron chi connectivity index (χ2n) is 8.81. The number of amides is 2. The minimum absolute atomic E-state index is 0.0276. The third-order valence-electron chi connectivity index (χ3n) is 5.85. The van der Waals surface area contributed by atoms with Crippen LogP contribution in [0.25, 0.3) is 0 Å². The van der Waals surface area contributed by atoms with Crippen molar-refractivity contribution in [3.8, 4) is 11.5 Å². The molecule has 2 amide bonds. The van der Waals surface area contributed by atoms with Crippen molar-refractivity contribution in [3.63, 3.8) is 0 Å². The Morgan fingerprint density at radius 3 is 1.22 bits per heavy atom. The highest BCUT2D eigenvalue weighted by Gasteiger charge is 2.12. The standard InChI is InChI=1S/C28H36N2O6/c31-21(19-29-27(35)23-15-9-11-17-25(23)33)13-7-5-3-1-2-4-6-8-14-22(32)20-30-28(36)24-16-10-12-18-26(24)34/h9-12,15-18,33-34H,1-8,13-14,19-20H2,(H,29,35)(H,30,36). The van der Waals surface area contributed by atoms with E-state index in [-0.39, 0.29) is 47.3 Å². The summed E-state index contributed by atoms with van der Waals surface area (Å²) in [5, 5.41) is 24.4. The highest BCUT2D eigenvalue weighted by atomic mass is 16.3. The fourth-order valence-electron chi connectivity index (χ4n) is 3.76. The predicted molar refractivity (Wildman–Crippen MR) is 137 cm³/mol. The molecule has 0 saturated carbocycles. The fourth-order valence-corrected chi connectivity index (χ4v) is 3.76. The van der Waals surface area contributed by atoms with Gasteiger partial charge in [-0.25, -0.2) is 0 Å². The summed E-state index contributed by atoms with van der Waals surface area (Å²) in [6.45, 7) is -0.0748. The molecule has 0 atom stereocenters. The zero-order valence-corrected chi connectivity index (χ0v) is 20.6. The first kappa shape index (κ1) is 28.6. The summed E-state index contributed by atoms with van der Waals surface area (Å²) >= 11 is 0. The van der Waals surface area contributed by atoms with Crippen LogP contribution in [0.15, 0.2) is 48.5 Å². The van der Waals surface area contributed by atoms with Gasteiger partial charge in [-0.15, -0.1) is 0 Å². The van der Waals surface area contributed by atoms with E-state index >= 15 is 0 Å². The Labute approximate surface area is 212 Å². The Kier molecular flexibility index (Phi) is 12.8. The van der Waals surface area contributed by atoms with E-state index in [1.54, 1.807) is 24.3 Å². The summed E-state index contributed by atoms with van der Waals surface area (Å²) in [4.78, 5) is 47.9. The van der Waals surface area contributed by atoms with Crippen molar-refractivity contribution in [1.29, 1.82) is 0 Å². The van der Waals surface area contributed by atoms with Gasteiger partial charge in [-0.2, -0.15) is 0 Å². The van der Waals surface area contributed by atoms with Gasteiger partial charge < -0.3 is 20.8 Å². The average Bonchev–Trinajstić information content (AvgIpc) is 2.87. The largest absolute Gasteiger partial charge is 0.507 e. The number of hydrogen-bond acceptors (Lipinski definition) is 6. The van der Waals surface area contributed by atoms with Crippen molar-refractivity contribution in [2.45, 2.75) is 64.2 Å². The molecule has 0 aliphatic carbocycles. The Morgan fingerprint density at radius 2 is 0.861 bits per heavy atom. The molecule has 194 valence electrons. The lowest BCUT2D eigenvalue weighted by molar-refractivity contribution is -0.119. The van der Waals surface area contributed by atoms with Crippen LogP contribution < -0.4 is 10.6 Å². The molecular weight excluding hydrogens is 460 g/mol. The van der Waals surface area contributed by atoms with Gasteiger partial charge in [-0.1, -0.05) is 62.8 Å². The number of aromatic hydroxyl groups is 2. The quantitative estimate of drug-likeness (QED) is 0.241. The van der Waals surface area contributed by atoms with Gasteiger partial charge in [0.05, 0.1) is 24.2 Å². The monoisotopic (exact) mass is 496 g/mol. The lowest BCUT2D eigenvalue weighted by Gasteiger charge is -2.07. The number of benzene rings is 2. The summed E-state index contributed by atoms with van der Waals surface area (Å²) in [6, 6.07) is 12.4. The van der Waals surface area contributed by atoms with Gasteiger partial charge in [0.15, 0.2) is 11.6 Å². The molecule has 0 saturated heterocycles. The number of ketones is 2. The van der Waals surface area contributed by atoms with Crippen LogP contribution in [-0.4, -0.2) is 46.7 Å². The van der Waals surface area contributed by atoms with Gasteiger partial charge >= 0.3 is 0 Å². The molecule has 0 spiro atoms. The number of carbonyl (C=O) groups excluding carboxylic acids is 4. The number of unbranched alkanes of at least 4 members (excludes halogenated alkanes) is 7. The molecule has 0 bridgehead atoms. The summed E-state index contributed by atoms with van der Waals surface area (Å²) in [7, 11) is 0. The van der Waals surface area contributed by atoms with E-state index in [0.29, 0.717) is 12.8 Å². The summed E-state index contributed by atoms with van der Waals surface area (Å²) in [5.74, 6) is -1.19. The molecule has 0 aromatic heterocycles. The van der Waals surface area contributed by atoms with E-state index in [4.69, 9.17) is 0 Å². The number of para-hydroxylation sites is 2. The van der Waals surface area contributed by atoms with E-state index in [1.165, 1.54) is 24.3 Å². The molecule has 0 radical (unpaired) electrons. The van der Waals surface area contributed by atoms with Crippen molar-refractivity contribution in [2.75, 3.05) is 13.1 Å². The highest BCUT2D eigenvalue weighted by Crippen LogP contribution is 2.16. The van der Waals surface area contributed by atoms with Gasteiger partial charge in [0.1, 0.15) is 11.5 Å². The summed E-state index contributed by atoms with van der Waals surface area (Å²) in [6.07, 6.45) is 8.53. The maximum absolute atomic E-state index is 12.0. The Hall–Kier alpha value is -3.68. The van der Waals surface area contributed by atoms with Crippen molar-refractivity contribution in [1.82, 2.24) is 10.6 Å². The van der Waals surface area contributed by atoms with Crippen LogP contribution in [-0.2, 0) is 9.59 Å². The van der Waals surface area contributed by atoms with Gasteiger partial charge in [-0.3, -0.25) is 19.2 Å². The smallest absolute Gasteiger partial charge is 0.255 e. The third-order valence-corrected chi connectivity index (χ3v) is 5.85. The Morgan fingerprint density at radius 1 is 0.528 bits per heavy atom. The lowest BCUT2D eigenvalue weighted by Crippen LogP contribution is -2.29. The molecule has 0 aliphatic rings. The van der Waals surface area contributed by atoms with Crippen LogP contribution in [0.3, 0.4) is 0 Å². The maximum Gasteiger partial charge on any atom is 0.255 e. The second kappa shape index (κ2) is 16.1. The molecule has 0 heterocycles. The normalized spacial score (nSPS) is 10.6. The van der Waals surface area contributed by atoms with Crippen LogP contribution in [0.1, 0.15) is 84.9 Å². The first-order valence-corrected chi connectivity index (χ1v) is 12.5. The summed E-state index contributed by atoms with van der Waals surface area (Å²) < 4.78 is 0. The molecule has 36 heavy (non-hydrogen) atoms. The minimum Gasteiger partial charge on any atom is -0.507 e. The molecule has 0 unspecified atom stereocenters. The molecule has 0 fully saturated rings. The van der Waals surface area contributed by atoms with E-state index in [2.05, 4.69) is 10.6 Å². The van der Waals surface area contributed by atoms with Crippen molar-refractivity contribution >= 4 is 23.4 Å². The molecule has 4 N–H and O–H groups in total. The molecule has 8 nitrogen and oxygen atoms in total. The zero-order valence-electron chi connectivity index (χ0n) is 20.6. The average molecular weight is 497 g/mol. The van der Waals surface area contributed by atoms with Crippen LogP contribution in [0.2, 0.25) is 0 Å². The first-order chi connectivity index (χ1) is 17.4. The van der Waals surface area contributed by atoms with Gasteiger partial charge in [0.25, 0.3) is 11.8 Å². The minimum atomic E-state index is -0.458. The number of hydrogen-bond donors (Lipinski definition) is 4. The number of rotatable bonds is 17. The van der Waals surface area contributed by atoms with Crippen molar-refractivity contribution < 1.29 is 29.4 Å². The number of nitrogens with one attached hydrogen (secondary N) is 2. The van der Waals surface area contributed by atoms with Crippen LogP contribution in [0.4, 0.5) is 0 Å². The first-order valence-electron chi connectivity index (χ1n) is 12.5. The second-order valence-corrected chi connectivity index (χ2v) is 8.81. The topological polar surface area (TPSA) is 133 Å². The maximum atomic E-state index is 12.0. The fraction of sp³-hybridized carbons (Fsp3) is 0.429. The van der Waals surface area contributed by atoms with E-state index < -0.39 is 11.8 Å². The molecule has 0 aliphatic heterocycles. The predicted octanol–water partition coefficient (Wildman–Crippen LogP) is 4.30. The summed E-state index contributed by atoms with van der Waals surface area (Å²) in [5.41, 5.74) is 0.316. The SMILES string of the molecule is O=C(CCCCCCCCCCC(=O)CNC(=O)c1ccccc1O)CNC(=O)c1ccccc1O. The van der Waals surface area contributed by atoms with Crippen molar-refractivity contribution in [2.24, 2.45) is 0 Å². The van der Waals surface area contributed by atoms with Gasteiger partial charge in [-0.05, 0) is 37.1 Å². The molecular formula is C28H36N2O6. The third kappa shape index (κ3) is 10.7.